The van der Waals surface area contributed by atoms with Gasteiger partial charge in [0.2, 0.25) is 0 Å². The van der Waals surface area contributed by atoms with Crippen LogP contribution in [0.2, 0.25) is 0 Å². The van der Waals surface area contributed by atoms with Gasteiger partial charge in [0.15, 0.2) is 0 Å². The second-order valence-corrected chi connectivity index (χ2v) is 6.25. The summed E-state index contributed by atoms with van der Waals surface area (Å²) in [5.41, 5.74) is 2.91. The van der Waals surface area contributed by atoms with Gasteiger partial charge in [-0.1, -0.05) is 38.1 Å². The van der Waals surface area contributed by atoms with Crippen LogP contribution in [0.1, 0.15) is 38.3 Å². The van der Waals surface area contributed by atoms with Crippen molar-refractivity contribution in [2.45, 2.75) is 46.3 Å². The van der Waals surface area contributed by atoms with E-state index >= 15 is 0 Å². The maximum Gasteiger partial charge on any atom is 0.0575 e. The third kappa shape index (κ3) is 3.12. The van der Waals surface area contributed by atoms with Crippen LogP contribution < -0.4 is 0 Å². The standard InChI is InChI=1S/C16H25NO/c1-13(18)16(2,3)12-17-10-6-9-14-7-4-5-8-15(14)11-17/h4-5,7-8,13,18H,6,9-12H2,1-3H3. The van der Waals surface area contributed by atoms with Crippen LogP contribution in [0, 0.1) is 5.41 Å². The molecule has 0 fully saturated rings. The zero-order valence-corrected chi connectivity index (χ0v) is 11.8. The lowest BCUT2D eigenvalue weighted by atomic mass is 9.87. The molecule has 0 radical (unpaired) electrons. The fourth-order valence-electron chi connectivity index (χ4n) is 2.61. The molecule has 0 spiro atoms. The molecule has 1 unspecified atom stereocenters. The summed E-state index contributed by atoms with van der Waals surface area (Å²) in [5, 5.41) is 9.85. The van der Waals surface area contributed by atoms with Crippen LogP contribution in [0.15, 0.2) is 24.3 Å². The molecule has 1 atom stereocenters. The Morgan fingerprint density at radius 3 is 2.61 bits per heavy atom. The van der Waals surface area contributed by atoms with Crippen molar-refractivity contribution < 1.29 is 5.11 Å². The molecule has 0 saturated carbocycles. The average molecular weight is 247 g/mol. The first kappa shape index (κ1) is 13.6. The van der Waals surface area contributed by atoms with Gasteiger partial charge in [0.25, 0.3) is 0 Å². The summed E-state index contributed by atoms with van der Waals surface area (Å²) in [6.07, 6.45) is 2.13. The highest BCUT2D eigenvalue weighted by atomic mass is 16.3. The van der Waals surface area contributed by atoms with Crippen molar-refractivity contribution in [1.29, 1.82) is 0 Å². The van der Waals surface area contributed by atoms with Crippen LogP contribution in [-0.4, -0.2) is 29.2 Å². The maximum atomic E-state index is 9.85. The number of fused-ring (bicyclic) bond motifs is 1. The first-order valence-electron chi connectivity index (χ1n) is 6.96. The second kappa shape index (κ2) is 5.41. The predicted molar refractivity (Wildman–Crippen MR) is 75.5 cm³/mol. The number of aliphatic hydroxyl groups excluding tert-OH is 1. The van der Waals surface area contributed by atoms with E-state index in [0.29, 0.717) is 0 Å². The number of benzene rings is 1. The lowest BCUT2D eigenvalue weighted by Crippen LogP contribution is -2.40. The van der Waals surface area contributed by atoms with E-state index in [0.717, 1.165) is 19.6 Å². The Hall–Kier alpha value is -0.860. The van der Waals surface area contributed by atoms with Crippen LogP contribution in [0.4, 0.5) is 0 Å². The maximum absolute atomic E-state index is 9.85. The largest absolute Gasteiger partial charge is 0.393 e. The Kier molecular flexibility index (Phi) is 4.08. The van der Waals surface area contributed by atoms with E-state index in [4.69, 9.17) is 0 Å². The molecule has 0 amide bonds. The van der Waals surface area contributed by atoms with Gasteiger partial charge >= 0.3 is 0 Å². The lowest BCUT2D eigenvalue weighted by Gasteiger charge is -2.34. The molecule has 1 aliphatic heterocycles. The molecular formula is C16H25NO. The number of rotatable bonds is 3. The molecular weight excluding hydrogens is 222 g/mol. The SMILES string of the molecule is CC(O)C(C)(C)CN1CCCc2ccccc2C1. The number of hydrogen-bond acceptors (Lipinski definition) is 2. The fourth-order valence-corrected chi connectivity index (χ4v) is 2.61. The molecule has 0 aliphatic carbocycles. The Labute approximate surface area is 111 Å². The first-order valence-corrected chi connectivity index (χ1v) is 6.96. The van der Waals surface area contributed by atoms with Crippen LogP contribution in [-0.2, 0) is 13.0 Å². The molecule has 1 aromatic carbocycles. The highest BCUT2D eigenvalue weighted by Crippen LogP contribution is 2.25. The zero-order valence-electron chi connectivity index (χ0n) is 11.8. The van der Waals surface area contributed by atoms with Crippen molar-refractivity contribution in [2.24, 2.45) is 5.41 Å². The van der Waals surface area contributed by atoms with E-state index in [-0.39, 0.29) is 11.5 Å². The van der Waals surface area contributed by atoms with Crippen LogP contribution >= 0.6 is 0 Å². The van der Waals surface area contributed by atoms with Crippen LogP contribution in [0.5, 0.6) is 0 Å². The molecule has 1 aliphatic rings. The molecule has 0 aromatic heterocycles. The van der Waals surface area contributed by atoms with Crippen LogP contribution in [0.25, 0.3) is 0 Å². The van der Waals surface area contributed by atoms with Crippen molar-refractivity contribution in [3.63, 3.8) is 0 Å². The molecule has 0 saturated heterocycles. The number of nitrogens with zero attached hydrogens (tertiary/aromatic N) is 1. The van der Waals surface area contributed by atoms with E-state index < -0.39 is 0 Å². The molecule has 2 rings (SSSR count). The van der Waals surface area contributed by atoms with Crippen molar-refractivity contribution in [2.75, 3.05) is 13.1 Å². The zero-order chi connectivity index (χ0) is 13.2. The minimum absolute atomic E-state index is 0.0424. The van der Waals surface area contributed by atoms with Crippen molar-refractivity contribution in [3.8, 4) is 0 Å². The van der Waals surface area contributed by atoms with Gasteiger partial charge in [-0.25, -0.2) is 0 Å². The first-order chi connectivity index (χ1) is 8.49. The van der Waals surface area contributed by atoms with Crippen LogP contribution in [0.3, 0.4) is 0 Å². The third-order valence-electron chi connectivity index (χ3n) is 4.19. The number of hydrogen-bond donors (Lipinski definition) is 1. The quantitative estimate of drug-likeness (QED) is 0.888. The van der Waals surface area contributed by atoms with Crippen molar-refractivity contribution in [3.05, 3.63) is 35.4 Å². The summed E-state index contributed by atoms with van der Waals surface area (Å²) < 4.78 is 0. The van der Waals surface area contributed by atoms with Gasteiger partial charge < -0.3 is 5.11 Å². The molecule has 1 N–H and O–H groups in total. The molecule has 100 valence electrons. The Morgan fingerprint density at radius 2 is 1.94 bits per heavy atom. The van der Waals surface area contributed by atoms with Gasteiger partial charge in [0, 0.05) is 18.5 Å². The van der Waals surface area contributed by atoms with Gasteiger partial charge in [0.1, 0.15) is 0 Å². The smallest absolute Gasteiger partial charge is 0.0575 e. The summed E-state index contributed by atoms with van der Waals surface area (Å²) in [6.45, 7) is 9.30. The molecule has 18 heavy (non-hydrogen) atoms. The van der Waals surface area contributed by atoms with E-state index in [1.807, 2.05) is 6.92 Å². The third-order valence-corrected chi connectivity index (χ3v) is 4.19. The number of aryl methyl sites for hydroxylation is 1. The molecule has 2 nitrogen and oxygen atoms in total. The molecule has 1 aromatic rings. The van der Waals surface area contributed by atoms with Gasteiger partial charge in [-0.05, 0) is 37.4 Å². The minimum atomic E-state index is -0.268. The second-order valence-electron chi connectivity index (χ2n) is 6.25. The highest BCUT2D eigenvalue weighted by Gasteiger charge is 2.27. The van der Waals surface area contributed by atoms with Gasteiger partial charge in [-0.3, -0.25) is 4.90 Å². The van der Waals surface area contributed by atoms with E-state index in [2.05, 4.69) is 43.0 Å². The molecule has 0 bridgehead atoms. The summed E-state index contributed by atoms with van der Waals surface area (Å²) in [7, 11) is 0. The lowest BCUT2D eigenvalue weighted by molar-refractivity contribution is 0.0326. The Morgan fingerprint density at radius 1 is 1.28 bits per heavy atom. The van der Waals surface area contributed by atoms with Gasteiger partial charge in [-0.2, -0.15) is 0 Å². The fraction of sp³-hybridized carbons (Fsp3) is 0.625. The summed E-state index contributed by atoms with van der Waals surface area (Å²) in [6, 6.07) is 8.75. The monoisotopic (exact) mass is 247 g/mol. The summed E-state index contributed by atoms with van der Waals surface area (Å²) in [5.74, 6) is 0. The van der Waals surface area contributed by atoms with Gasteiger partial charge in [-0.15, -0.1) is 0 Å². The summed E-state index contributed by atoms with van der Waals surface area (Å²) >= 11 is 0. The predicted octanol–water partition coefficient (Wildman–Crippen LogP) is 2.84. The Balaban J connectivity index is 2.09. The minimum Gasteiger partial charge on any atom is -0.393 e. The van der Waals surface area contributed by atoms with E-state index in [1.54, 1.807) is 0 Å². The summed E-state index contributed by atoms with van der Waals surface area (Å²) in [4.78, 5) is 2.48. The highest BCUT2D eigenvalue weighted by molar-refractivity contribution is 5.28. The molecule has 1 heterocycles. The average Bonchev–Trinajstić information content (AvgIpc) is 2.49. The Bertz CT molecular complexity index is 398. The number of aliphatic hydroxyl groups is 1. The van der Waals surface area contributed by atoms with Gasteiger partial charge in [0.05, 0.1) is 6.10 Å². The van der Waals surface area contributed by atoms with E-state index in [9.17, 15) is 5.11 Å². The molecule has 2 heteroatoms. The van der Waals surface area contributed by atoms with Crippen molar-refractivity contribution >= 4 is 0 Å². The topological polar surface area (TPSA) is 23.5 Å². The van der Waals surface area contributed by atoms with E-state index in [1.165, 1.54) is 24.0 Å². The van der Waals surface area contributed by atoms with Crippen molar-refractivity contribution in [1.82, 2.24) is 4.90 Å². The normalized spacial score (nSPS) is 19.1.